The first kappa shape index (κ1) is 13.6. The molecule has 20 heavy (non-hydrogen) atoms. The van der Waals surface area contributed by atoms with E-state index >= 15 is 0 Å². The molecule has 6 heteroatoms. The maximum absolute atomic E-state index is 5.51. The van der Waals surface area contributed by atoms with Crippen molar-refractivity contribution in [1.29, 1.82) is 0 Å². The molecule has 1 atom stereocenters. The smallest absolute Gasteiger partial charge is 0.225 e. The lowest BCUT2D eigenvalue weighted by molar-refractivity contribution is 0.185. The molecule has 0 aliphatic carbocycles. The van der Waals surface area contributed by atoms with Gasteiger partial charge in [-0.1, -0.05) is 6.92 Å². The lowest BCUT2D eigenvalue weighted by Crippen LogP contribution is -2.35. The number of thiophene rings is 1. The van der Waals surface area contributed by atoms with Crippen LogP contribution in [0.3, 0.4) is 0 Å². The Morgan fingerprint density at radius 1 is 1.45 bits per heavy atom. The van der Waals surface area contributed by atoms with Gasteiger partial charge in [0.15, 0.2) is 0 Å². The summed E-state index contributed by atoms with van der Waals surface area (Å²) in [4.78, 5) is 11.5. The number of hydrogen-bond donors (Lipinski definition) is 2. The molecule has 1 fully saturated rings. The topological polar surface area (TPSA) is 59.1 Å². The summed E-state index contributed by atoms with van der Waals surface area (Å²) in [6.07, 6.45) is 2.02. The molecule has 1 saturated heterocycles. The molecule has 0 aromatic carbocycles. The van der Waals surface area contributed by atoms with Crippen LogP contribution in [0.15, 0.2) is 6.07 Å². The van der Waals surface area contributed by atoms with Gasteiger partial charge in [-0.25, -0.2) is 4.98 Å². The van der Waals surface area contributed by atoms with Crippen molar-refractivity contribution in [2.45, 2.75) is 32.2 Å². The highest BCUT2D eigenvalue weighted by Gasteiger charge is 2.30. The minimum absolute atomic E-state index is 0.0411. The van der Waals surface area contributed by atoms with Crippen LogP contribution in [0.1, 0.15) is 25.1 Å². The Balaban J connectivity index is 2.04. The number of aryl methyl sites for hydroxylation is 1. The van der Waals surface area contributed by atoms with Gasteiger partial charge < -0.3 is 15.4 Å². The van der Waals surface area contributed by atoms with E-state index in [1.807, 2.05) is 7.05 Å². The lowest BCUT2D eigenvalue weighted by atomic mass is 10.0. The second kappa shape index (κ2) is 5.18. The second-order valence-corrected chi connectivity index (χ2v) is 6.53. The first-order chi connectivity index (χ1) is 9.63. The molecule has 0 bridgehead atoms. The molecule has 2 aromatic heterocycles. The van der Waals surface area contributed by atoms with Crippen molar-refractivity contribution in [2.24, 2.45) is 0 Å². The number of anilines is 2. The molecule has 1 unspecified atom stereocenters. The summed E-state index contributed by atoms with van der Waals surface area (Å²) in [5.74, 6) is 1.57. The summed E-state index contributed by atoms with van der Waals surface area (Å²) < 4.78 is 5.51. The minimum atomic E-state index is -0.0411. The van der Waals surface area contributed by atoms with Crippen LogP contribution in [0.2, 0.25) is 0 Å². The fourth-order valence-corrected chi connectivity index (χ4v) is 3.37. The van der Waals surface area contributed by atoms with Gasteiger partial charge in [0.25, 0.3) is 0 Å². The number of nitrogens with zero attached hydrogens (tertiary/aromatic N) is 2. The number of ether oxygens (including phenoxy) is 1. The van der Waals surface area contributed by atoms with Gasteiger partial charge in [-0.3, -0.25) is 0 Å². The van der Waals surface area contributed by atoms with E-state index in [9.17, 15) is 0 Å². The number of aromatic nitrogens is 2. The molecule has 2 aromatic rings. The standard InChI is InChI=1S/C14H20N4OS/c1-4-9-7-10-11(18-14(2)5-6-19-8-14)16-13(15-3)17-12(10)20-9/h7H,4-6,8H2,1-3H3,(H2,15,16,17,18). The largest absolute Gasteiger partial charge is 0.379 e. The molecule has 108 valence electrons. The lowest BCUT2D eigenvalue weighted by Gasteiger charge is -2.24. The van der Waals surface area contributed by atoms with Crippen molar-refractivity contribution in [3.8, 4) is 0 Å². The van der Waals surface area contributed by atoms with Gasteiger partial charge in [0, 0.05) is 18.5 Å². The molecule has 0 spiro atoms. The highest BCUT2D eigenvalue weighted by molar-refractivity contribution is 7.18. The van der Waals surface area contributed by atoms with Crippen LogP contribution in [0, 0.1) is 0 Å². The summed E-state index contributed by atoms with van der Waals surface area (Å²) in [5.41, 5.74) is -0.0411. The van der Waals surface area contributed by atoms with Gasteiger partial charge in [0.05, 0.1) is 17.5 Å². The molecule has 0 saturated carbocycles. The Hall–Kier alpha value is -1.40. The van der Waals surface area contributed by atoms with Gasteiger partial charge >= 0.3 is 0 Å². The molecular formula is C14H20N4OS. The average molecular weight is 292 g/mol. The van der Waals surface area contributed by atoms with Gasteiger partial charge in [-0.2, -0.15) is 4.98 Å². The maximum Gasteiger partial charge on any atom is 0.225 e. The van der Waals surface area contributed by atoms with Gasteiger partial charge in [-0.05, 0) is 25.8 Å². The Kier molecular flexibility index (Phi) is 3.52. The molecule has 1 aliphatic rings. The molecular weight excluding hydrogens is 272 g/mol. The highest BCUT2D eigenvalue weighted by atomic mass is 32.1. The van der Waals surface area contributed by atoms with E-state index < -0.39 is 0 Å². The SMILES string of the molecule is CCc1cc2c(NC3(C)CCOC3)nc(NC)nc2s1. The second-order valence-electron chi connectivity index (χ2n) is 5.42. The molecule has 3 rings (SSSR count). The predicted octanol–water partition coefficient (Wildman–Crippen LogP) is 2.89. The van der Waals surface area contributed by atoms with Crippen molar-refractivity contribution in [2.75, 3.05) is 30.9 Å². The maximum atomic E-state index is 5.51. The van der Waals surface area contributed by atoms with Crippen molar-refractivity contribution >= 4 is 33.3 Å². The van der Waals surface area contributed by atoms with E-state index in [1.54, 1.807) is 11.3 Å². The third-order valence-electron chi connectivity index (χ3n) is 3.65. The molecule has 1 aliphatic heterocycles. The highest BCUT2D eigenvalue weighted by Crippen LogP contribution is 2.33. The van der Waals surface area contributed by atoms with Crippen LogP contribution in [0.25, 0.3) is 10.2 Å². The molecule has 2 N–H and O–H groups in total. The van der Waals surface area contributed by atoms with Gasteiger partial charge in [0.1, 0.15) is 10.6 Å². The van der Waals surface area contributed by atoms with Crippen molar-refractivity contribution < 1.29 is 4.74 Å². The third kappa shape index (κ3) is 2.45. The zero-order valence-electron chi connectivity index (χ0n) is 12.1. The number of hydrogen-bond acceptors (Lipinski definition) is 6. The first-order valence-electron chi connectivity index (χ1n) is 6.98. The van der Waals surface area contributed by atoms with E-state index in [0.717, 1.165) is 42.1 Å². The molecule has 0 amide bonds. The monoisotopic (exact) mass is 292 g/mol. The third-order valence-corrected chi connectivity index (χ3v) is 4.83. The zero-order chi connectivity index (χ0) is 14.2. The van der Waals surface area contributed by atoms with E-state index in [-0.39, 0.29) is 5.54 Å². The Bertz CT molecular complexity index is 619. The zero-order valence-corrected chi connectivity index (χ0v) is 12.9. The average Bonchev–Trinajstić information content (AvgIpc) is 3.04. The Labute approximate surface area is 122 Å². The normalized spacial score (nSPS) is 22.4. The van der Waals surface area contributed by atoms with Crippen LogP contribution in [-0.4, -0.2) is 35.8 Å². The Morgan fingerprint density at radius 2 is 2.30 bits per heavy atom. The molecule has 5 nitrogen and oxygen atoms in total. The van der Waals surface area contributed by atoms with Crippen LogP contribution in [-0.2, 0) is 11.2 Å². The van der Waals surface area contributed by atoms with Gasteiger partial charge in [0.2, 0.25) is 5.95 Å². The summed E-state index contributed by atoms with van der Waals surface area (Å²) in [5, 5.41) is 7.71. The fourth-order valence-electron chi connectivity index (χ4n) is 2.40. The summed E-state index contributed by atoms with van der Waals surface area (Å²) >= 11 is 1.74. The number of nitrogens with one attached hydrogen (secondary N) is 2. The number of rotatable bonds is 4. The van der Waals surface area contributed by atoms with Crippen LogP contribution >= 0.6 is 11.3 Å². The Morgan fingerprint density at radius 3 is 2.95 bits per heavy atom. The van der Waals surface area contributed by atoms with Crippen molar-refractivity contribution in [3.63, 3.8) is 0 Å². The van der Waals surface area contributed by atoms with Crippen molar-refractivity contribution in [1.82, 2.24) is 9.97 Å². The number of fused-ring (bicyclic) bond motifs is 1. The quantitative estimate of drug-likeness (QED) is 0.907. The summed E-state index contributed by atoms with van der Waals surface area (Å²) in [7, 11) is 1.85. The summed E-state index contributed by atoms with van der Waals surface area (Å²) in [6, 6.07) is 2.20. The van der Waals surface area contributed by atoms with Gasteiger partial charge in [-0.15, -0.1) is 11.3 Å². The summed E-state index contributed by atoms with van der Waals surface area (Å²) in [6.45, 7) is 5.87. The van der Waals surface area contributed by atoms with Crippen LogP contribution in [0.4, 0.5) is 11.8 Å². The van der Waals surface area contributed by atoms with E-state index in [0.29, 0.717) is 5.95 Å². The first-order valence-corrected chi connectivity index (χ1v) is 7.79. The van der Waals surface area contributed by atoms with Crippen LogP contribution < -0.4 is 10.6 Å². The van der Waals surface area contributed by atoms with E-state index in [1.165, 1.54) is 4.88 Å². The molecule has 0 radical (unpaired) electrons. The van der Waals surface area contributed by atoms with Crippen LogP contribution in [0.5, 0.6) is 0 Å². The fraction of sp³-hybridized carbons (Fsp3) is 0.571. The minimum Gasteiger partial charge on any atom is -0.379 e. The predicted molar refractivity (Wildman–Crippen MR) is 83.8 cm³/mol. The molecule has 3 heterocycles. The van der Waals surface area contributed by atoms with E-state index in [2.05, 4.69) is 40.5 Å². The van der Waals surface area contributed by atoms with E-state index in [4.69, 9.17) is 4.74 Å². The van der Waals surface area contributed by atoms with Crippen molar-refractivity contribution in [3.05, 3.63) is 10.9 Å².